The van der Waals surface area contributed by atoms with Gasteiger partial charge in [-0.3, -0.25) is 14.5 Å². The zero-order valence-corrected chi connectivity index (χ0v) is 19.4. The van der Waals surface area contributed by atoms with Crippen LogP contribution in [0, 0.1) is 0 Å². The topological polar surface area (TPSA) is 72.9 Å². The van der Waals surface area contributed by atoms with E-state index in [-0.39, 0.29) is 18.1 Å². The molecule has 1 aliphatic rings. The molecule has 1 fully saturated rings. The number of halogens is 3. The van der Waals surface area contributed by atoms with Gasteiger partial charge < -0.3 is 9.47 Å². The van der Waals surface area contributed by atoms with Crippen molar-refractivity contribution in [2.75, 3.05) is 13.7 Å². The maximum atomic E-state index is 12.9. The predicted octanol–water partition coefficient (Wildman–Crippen LogP) is 5.54. The molecule has 0 aromatic heterocycles. The molecular weight excluding hydrogens is 517 g/mol. The second-order valence-corrected chi connectivity index (χ2v) is 8.74. The normalized spacial score (nSPS) is 15.1. The highest BCUT2D eigenvalue weighted by molar-refractivity contribution is 9.10. The molecule has 0 unspecified atom stereocenters. The summed E-state index contributed by atoms with van der Waals surface area (Å²) >= 11 is 16.5. The van der Waals surface area contributed by atoms with Crippen LogP contribution in [-0.2, 0) is 20.9 Å². The Morgan fingerprint density at radius 3 is 2.57 bits per heavy atom. The molecular formula is C20H14BrCl2NO5S. The lowest BCUT2D eigenvalue weighted by molar-refractivity contribution is -0.142. The van der Waals surface area contributed by atoms with Gasteiger partial charge in [0.05, 0.1) is 18.6 Å². The second-order valence-electron chi connectivity index (χ2n) is 6.02. The van der Waals surface area contributed by atoms with E-state index in [0.717, 1.165) is 21.1 Å². The van der Waals surface area contributed by atoms with Crippen molar-refractivity contribution in [1.82, 2.24) is 4.90 Å². The Hall–Kier alpha value is -2.00. The fourth-order valence-corrected chi connectivity index (χ4v) is 4.30. The lowest BCUT2D eigenvalue weighted by atomic mass is 10.1. The van der Waals surface area contributed by atoms with Crippen LogP contribution < -0.4 is 4.74 Å². The SMILES string of the molecule is COC(=O)COc1ccc(Br)cc1/C=C1\SC(=O)N(Cc2c(Cl)cccc2Cl)C1=O. The largest absolute Gasteiger partial charge is 0.481 e. The minimum atomic E-state index is -0.541. The Balaban J connectivity index is 1.87. The number of amides is 2. The molecule has 0 aliphatic carbocycles. The van der Waals surface area contributed by atoms with Crippen LogP contribution >= 0.6 is 50.9 Å². The van der Waals surface area contributed by atoms with E-state index in [1.807, 2.05) is 0 Å². The smallest absolute Gasteiger partial charge is 0.343 e. The van der Waals surface area contributed by atoms with Crippen molar-refractivity contribution in [2.45, 2.75) is 6.54 Å². The Morgan fingerprint density at radius 1 is 1.20 bits per heavy atom. The summed E-state index contributed by atoms with van der Waals surface area (Å²) in [4.78, 5) is 38.0. The molecule has 0 spiro atoms. The van der Waals surface area contributed by atoms with Crippen LogP contribution in [0.15, 0.2) is 45.8 Å². The first-order valence-corrected chi connectivity index (χ1v) is 10.8. The molecule has 0 bridgehead atoms. The average Bonchev–Trinajstić information content (AvgIpc) is 2.97. The summed E-state index contributed by atoms with van der Waals surface area (Å²) < 4.78 is 10.8. The molecule has 0 radical (unpaired) electrons. The van der Waals surface area contributed by atoms with Crippen LogP contribution in [0.25, 0.3) is 6.08 Å². The van der Waals surface area contributed by atoms with Gasteiger partial charge in [0.25, 0.3) is 11.1 Å². The van der Waals surface area contributed by atoms with Gasteiger partial charge in [0.2, 0.25) is 0 Å². The van der Waals surface area contributed by atoms with Gasteiger partial charge >= 0.3 is 5.97 Å². The third kappa shape index (κ3) is 5.18. The van der Waals surface area contributed by atoms with Gasteiger partial charge in [-0.1, -0.05) is 45.2 Å². The number of thioether (sulfide) groups is 1. The zero-order valence-electron chi connectivity index (χ0n) is 15.5. The maximum Gasteiger partial charge on any atom is 0.343 e. The fraction of sp³-hybridized carbons (Fsp3) is 0.150. The lowest BCUT2D eigenvalue weighted by Crippen LogP contribution is -2.27. The highest BCUT2D eigenvalue weighted by atomic mass is 79.9. The number of benzene rings is 2. The van der Waals surface area contributed by atoms with Crippen molar-refractivity contribution in [3.05, 3.63) is 66.9 Å². The Bertz CT molecular complexity index is 1040. The van der Waals surface area contributed by atoms with E-state index in [2.05, 4.69) is 20.7 Å². The molecule has 2 aromatic carbocycles. The van der Waals surface area contributed by atoms with E-state index in [1.54, 1.807) is 36.4 Å². The molecule has 1 aliphatic heterocycles. The standard InChI is InChI=1S/C20H14BrCl2NO5S/c1-28-18(25)10-29-16-6-5-12(21)7-11(16)8-17-19(26)24(20(27)30-17)9-13-14(22)3-2-4-15(13)23/h2-8H,9-10H2,1H3/b17-8-. The van der Waals surface area contributed by atoms with Crippen molar-refractivity contribution in [3.8, 4) is 5.75 Å². The molecule has 0 N–H and O–H groups in total. The highest BCUT2D eigenvalue weighted by Crippen LogP contribution is 2.37. The number of carbonyl (C=O) groups is 3. The number of esters is 1. The van der Waals surface area contributed by atoms with Gasteiger partial charge in [0, 0.05) is 25.6 Å². The van der Waals surface area contributed by atoms with Crippen molar-refractivity contribution < 1.29 is 23.9 Å². The molecule has 156 valence electrons. The molecule has 30 heavy (non-hydrogen) atoms. The number of imide groups is 1. The van der Waals surface area contributed by atoms with Crippen molar-refractivity contribution in [3.63, 3.8) is 0 Å². The first kappa shape index (κ1) is 22.7. The minimum Gasteiger partial charge on any atom is -0.481 e. The van der Waals surface area contributed by atoms with E-state index in [1.165, 1.54) is 13.2 Å². The van der Waals surface area contributed by atoms with Gasteiger partial charge in [0.1, 0.15) is 5.75 Å². The van der Waals surface area contributed by atoms with E-state index in [4.69, 9.17) is 27.9 Å². The molecule has 10 heteroatoms. The summed E-state index contributed by atoms with van der Waals surface area (Å²) in [5.41, 5.74) is 1.02. The molecule has 3 rings (SSSR count). The molecule has 0 atom stereocenters. The van der Waals surface area contributed by atoms with Crippen LogP contribution in [0.2, 0.25) is 10.0 Å². The third-order valence-electron chi connectivity index (χ3n) is 4.08. The maximum absolute atomic E-state index is 12.9. The number of nitrogens with zero attached hydrogens (tertiary/aromatic N) is 1. The predicted molar refractivity (Wildman–Crippen MR) is 120 cm³/mol. The number of carbonyl (C=O) groups excluding carboxylic acids is 3. The third-order valence-corrected chi connectivity index (χ3v) is 6.19. The monoisotopic (exact) mass is 529 g/mol. The van der Waals surface area contributed by atoms with E-state index >= 15 is 0 Å². The summed E-state index contributed by atoms with van der Waals surface area (Å²) in [5, 5.41) is 0.307. The first-order valence-electron chi connectivity index (χ1n) is 8.47. The zero-order chi connectivity index (χ0) is 21.8. The molecule has 2 amide bonds. The molecule has 6 nitrogen and oxygen atoms in total. The first-order chi connectivity index (χ1) is 14.3. The summed E-state index contributed by atoms with van der Waals surface area (Å²) in [6.07, 6.45) is 1.54. The van der Waals surface area contributed by atoms with Crippen molar-refractivity contribution >= 4 is 74.1 Å². The Morgan fingerprint density at radius 2 is 1.90 bits per heavy atom. The summed E-state index contributed by atoms with van der Waals surface area (Å²) in [7, 11) is 1.26. The number of ether oxygens (including phenoxy) is 2. The van der Waals surface area contributed by atoms with Gasteiger partial charge in [-0.15, -0.1) is 0 Å². The second kappa shape index (κ2) is 9.87. The van der Waals surface area contributed by atoms with Crippen LogP contribution in [0.5, 0.6) is 5.75 Å². The highest BCUT2D eigenvalue weighted by Gasteiger charge is 2.36. The Labute approximate surface area is 195 Å². The lowest BCUT2D eigenvalue weighted by Gasteiger charge is -2.14. The van der Waals surface area contributed by atoms with Gasteiger partial charge in [-0.2, -0.15) is 0 Å². The molecule has 1 saturated heterocycles. The van der Waals surface area contributed by atoms with Crippen molar-refractivity contribution in [2.24, 2.45) is 0 Å². The van der Waals surface area contributed by atoms with Gasteiger partial charge in [-0.05, 0) is 48.2 Å². The number of hydrogen-bond donors (Lipinski definition) is 0. The quantitative estimate of drug-likeness (QED) is 0.360. The van der Waals surface area contributed by atoms with Gasteiger partial charge in [0.15, 0.2) is 6.61 Å². The minimum absolute atomic E-state index is 0.0370. The van der Waals surface area contributed by atoms with Crippen LogP contribution in [0.3, 0.4) is 0 Å². The van der Waals surface area contributed by atoms with Crippen LogP contribution in [0.4, 0.5) is 4.79 Å². The van der Waals surface area contributed by atoms with E-state index in [0.29, 0.717) is 26.9 Å². The summed E-state index contributed by atoms with van der Waals surface area (Å²) in [6, 6.07) is 10.1. The van der Waals surface area contributed by atoms with Crippen LogP contribution in [-0.4, -0.2) is 35.7 Å². The van der Waals surface area contributed by atoms with E-state index in [9.17, 15) is 14.4 Å². The number of rotatable bonds is 6. The summed E-state index contributed by atoms with van der Waals surface area (Å²) in [6.45, 7) is -0.323. The molecule has 1 heterocycles. The Kier molecular flexibility index (Phi) is 7.46. The fourth-order valence-electron chi connectivity index (χ4n) is 2.58. The van der Waals surface area contributed by atoms with Crippen molar-refractivity contribution in [1.29, 1.82) is 0 Å². The average molecular weight is 531 g/mol. The molecule has 0 saturated carbocycles. The van der Waals surface area contributed by atoms with E-state index < -0.39 is 17.1 Å². The number of hydrogen-bond acceptors (Lipinski definition) is 6. The summed E-state index contributed by atoms with van der Waals surface area (Å²) in [5.74, 6) is -0.648. The van der Waals surface area contributed by atoms with Crippen LogP contribution in [0.1, 0.15) is 11.1 Å². The molecule has 2 aromatic rings. The van der Waals surface area contributed by atoms with Gasteiger partial charge in [-0.25, -0.2) is 4.79 Å². The number of methoxy groups -OCH3 is 1.